The van der Waals surface area contributed by atoms with E-state index in [4.69, 9.17) is 10.3 Å². The lowest BCUT2D eigenvalue weighted by molar-refractivity contribution is 0.415. The van der Waals surface area contributed by atoms with Crippen LogP contribution in [0.25, 0.3) is 11.5 Å². The molecule has 80 valence electrons. The molecule has 0 radical (unpaired) electrons. The van der Waals surface area contributed by atoms with Crippen molar-refractivity contribution in [1.29, 1.82) is 0 Å². The SMILES string of the molecule is CCC(N)c1noc(-c2csc(Br)c2)n1. The maximum absolute atomic E-state index is 5.80. The van der Waals surface area contributed by atoms with Gasteiger partial charge in [-0.2, -0.15) is 4.98 Å². The van der Waals surface area contributed by atoms with Crippen LogP contribution in [-0.4, -0.2) is 10.1 Å². The lowest BCUT2D eigenvalue weighted by atomic mass is 10.2. The molecular weight excluding hydrogens is 278 g/mol. The molecule has 6 heteroatoms. The summed E-state index contributed by atoms with van der Waals surface area (Å²) in [6.45, 7) is 1.99. The van der Waals surface area contributed by atoms with Crippen molar-refractivity contribution in [2.75, 3.05) is 0 Å². The highest BCUT2D eigenvalue weighted by Gasteiger charge is 2.14. The maximum atomic E-state index is 5.80. The second-order valence-electron chi connectivity index (χ2n) is 3.11. The van der Waals surface area contributed by atoms with Gasteiger partial charge in [0.2, 0.25) is 0 Å². The minimum atomic E-state index is -0.149. The van der Waals surface area contributed by atoms with Gasteiger partial charge in [-0.15, -0.1) is 11.3 Å². The number of hydrogen-bond donors (Lipinski definition) is 1. The van der Waals surface area contributed by atoms with E-state index >= 15 is 0 Å². The quantitative estimate of drug-likeness (QED) is 0.943. The summed E-state index contributed by atoms with van der Waals surface area (Å²) in [5.41, 5.74) is 6.72. The van der Waals surface area contributed by atoms with Gasteiger partial charge in [0.25, 0.3) is 5.89 Å². The molecule has 2 aromatic rings. The van der Waals surface area contributed by atoms with Crippen LogP contribution in [0.2, 0.25) is 0 Å². The molecule has 0 aromatic carbocycles. The standard InChI is InChI=1S/C9H10BrN3OS/c1-2-6(11)8-12-9(14-13-8)5-3-7(10)15-4-5/h3-4,6H,2,11H2,1H3. The van der Waals surface area contributed by atoms with Crippen molar-refractivity contribution in [3.05, 3.63) is 21.1 Å². The molecule has 2 N–H and O–H groups in total. The molecule has 1 unspecified atom stereocenters. The molecule has 4 nitrogen and oxygen atoms in total. The van der Waals surface area contributed by atoms with Crippen LogP contribution in [-0.2, 0) is 0 Å². The molecule has 0 saturated heterocycles. The van der Waals surface area contributed by atoms with Gasteiger partial charge in [-0.05, 0) is 28.4 Å². The van der Waals surface area contributed by atoms with Crippen LogP contribution in [0.15, 0.2) is 19.8 Å². The predicted octanol–water partition coefficient (Wildman–Crippen LogP) is 2.97. The summed E-state index contributed by atoms with van der Waals surface area (Å²) in [7, 11) is 0. The van der Waals surface area contributed by atoms with E-state index in [9.17, 15) is 0 Å². The minimum absolute atomic E-state index is 0.149. The highest BCUT2D eigenvalue weighted by atomic mass is 79.9. The predicted molar refractivity (Wildman–Crippen MR) is 62.5 cm³/mol. The zero-order valence-corrected chi connectivity index (χ0v) is 10.5. The number of thiophene rings is 1. The van der Waals surface area contributed by atoms with Crippen LogP contribution in [0.1, 0.15) is 25.2 Å². The Morgan fingerprint density at radius 3 is 3.07 bits per heavy atom. The third kappa shape index (κ3) is 2.27. The highest BCUT2D eigenvalue weighted by molar-refractivity contribution is 9.11. The molecule has 0 spiro atoms. The van der Waals surface area contributed by atoms with Crippen molar-refractivity contribution in [2.45, 2.75) is 19.4 Å². The number of aromatic nitrogens is 2. The third-order valence-electron chi connectivity index (χ3n) is 2.03. The van der Waals surface area contributed by atoms with E-state index in [-0.39, 0.29) is 6.04 Å². The van der Waals surface area contributed by atoms with Gasteiger partial charge in [0, 0.05) is 5.38 Å². The largest absolute Gasteiger partial charge is 0.334 e. The molecule has 0 amide bonds. The average molecular weight is 288 g/mol. The summed E-state index contributed by atoms with van der Waals surface area (Å²) in [4.78, 5) is 4.25. The second kappa shape index (κ2) is 4.42. The lowest BCUT2D eigenvalue weighted by Crippen LogP contribution is -2.10. The zero-order chi connectivity index (χ0) is 10.8. The van der Waals surface area contributed by atoms with Gasteiger partial charge in [-0.25, -0.2) is 0 Å². The summed E-state index contributed by atoms with van der Waals surface area (Å²) < 4.78 is 6.17. The molecule has 2 rings (SSSR count). The number of hydrogen-bond acceptors (Lipinski definition) is 5. The topological polar surface area (TPSA) is 64.9 Å². The summed E-state index contributed by atoms with van der Waals surface area (Å²) in [5, 5.41) is 5.81. The second-order valence-corrected chi connectivity index (χ2v) is 5.40. The van der Waals surface area contributed by atoms with Gasteiger partial charge in [0.15, 0.2) is 5.82 Å². The summed E-state index contributed by atoms with van der Waals surface area (Å²) in [6, 6.07) is 1.80. The van der Waals surface area contributed by atoms with Crippen molar-refractivity contribution in [2.24, 2.45) is 5.73 Å². The molecule has 15 heavy (non-hydrogen) atoms. The molecule has 1 atom stereocenters. The maximum Gasteiger partial charge on any atom is 0.258 e. The fraction of sp³-hybridized carbons (Fsp3) is 0.333. The number of rotatable bonds is 3. The molecule has 2 heterocycles. The van der Waals surface area contributed by atoms with Gasteiger partial charge in [0.1, 0.15) is 0 Å². The van der Waals surface area contributed by atoms with Gasteiger partial charge in [-0.3, -0.25) is 0 Å². The van der Waals surface area contributed by atoms with Crippen LogP contribution in [0, 0.1) is 0 Å². The van der Waals surface area contributed by atoms with Crippen LogP contribution in [0.4, 0.5) is 0 Å². The fourth-order valence-electron chi connectivity index (χ4n) is 1.11. The Bertz CT molecular complexity index is 454. The molecule has 0 saturated carbocycles. The van der Waals surface area contributed by atoms with Gasteiger partial charge < -0.3 is 10.3 Å². The van der Waals surface area contributed by atoms with Crippen molar-refractivity contribution in [1.82, 2.24) is 10.1 Å². The van der Waals surface area contributed by atoms with E-state index in [0.717, 1.165) is 15.8 Å². The van der Waals surface area contributed by atoms with Gasteiger partial charge in [0.05, 0.1) is 15.4 Å². The molecule has 0 bridgehead atoms. The van der Waals surface area contributed by atoms with E-state index in [0.29, 0.717) is 11.7 Å². The summed E-state index contributed by atoms with van der Waals surface area (Å²) in [5.74, 6) is 1.09. The molecule has 0 fully saturated rings. The van der Waals surface area contributed by atoms with Crippen LogP contribution in [0.5, 0.6) is 0 Å². The Hall–Kier alpha value is -0.720. The normalized spacial score (nSPS) is 13.0. The molecule has 2 aromatic heterocycles. The Morgan fingerprint density at radius 2 is 2.47 bits per heavy atom. The third-order valence-corrected chi connectivity index (χ3v) is 3.53. The Kier molecular flexibility index (Phi) is 3.18. The molecule has 0 aliphatic heterocycles. The smallest absolute Gasteiger partial charge is 0.258 e. The Morgan fingerprint density at radius 1 is 1.67 bits per heavy atom. The van der Waals surface area contributed by atoms with Crippen molar-refractivity contribution in [3.63, 3.8) is 0 Å². The van der Waals surface area contributed by atoms with Crippen molar-refractivity contribution in [3.8, 4) is 11.5 Å². The van der Waals surface area contributed by atoms with E-state index in [1.165, 1.54) is 0 Å². The van der Waals surface area contributed by atoms with Crippen LogP contribution in [0.3, 0.4) is 0 Å². The first kappa shape index (κ1) is 10.8. The van der Waals surface area contributed by atoms with Crippen LogP contribution >= 0.6 is 27.3 Å². The van der Waals surface area contributed by atoms with Gasteiger partial charge in [-0.1, -0.05) is 12.1 Å². The van der Waals surface area contributed by atoms with E-state index < -0.39 is 0 Å². The minimum Gasteiger partial charge on any atom is -0.334 e. The first-order chi connectivity index (χ1) is 7.20. The summed E-state index contributed by atoms with van der Waals surface area (Å²) in [6.07, 6.45) is 0.798. The van der Waals surface area contributed by atoms with Crippen LogP contribution < -0.4 is 5.73 Å². The number of nitrogens with zero attached hydrogens (tertiary/aromatic N) is 2. The number of halogens is 1. The first-order valence-electron chi connectivity index (χ1n) is 4.54. The monoisotopic (exact) mass is 287 g/mol. The van der Waals surface area contributed by atoms with E-state index in [1.54, 1.807) is 11.3 Å². The lowest BCUT2D eigenvalue weighted by Gasteiger charge is -1.99. The van der Waals surface area contributed by atoms with E-state index in [2.05, 4.69) is 26.1 Å². The van der Waals surface area contributed by atoms with Gasteiger partial charge >= 0.3 is 0 Å². The zero-order valence-electron chi connectivity index (χ0n) is 8.11. The first-order valence-corrected chi connectivity index (χ1v) is 6.21. The summed E-state index contributed by atoms with van der Waals surface area (Å²) >= 11 is 4.96. The average Bonchev–Trinajstić information content (AvgIpc) is 2.84. The number of nitrogens with two attached hydrogens (primary N) is 1. The molecule has 0 aliphatic rings. The highest BCUT2D eigenvalue weighted by Crippen LogP contribution is 2.28. The van der Waals surface area contributed by atoms with E-state index in [1.807, 2.05) is 18.4 Å². The fourth-order valence-corrected chi connectivity index (χ4v) is 2.24. The Balaban J connectivity index is 2.27. The Labute approximate surface area is 99.6 Å². The molecular formula is C9H10BrN3OS. The van der Waals surface area contributed by atoms with Crippen molar-refractivity contribution < 1.29 is 4.52 Å². The molecule has 0 aliphatic carbocycles. The van der Waals surface area contributed by atoms with Crippen molar-refractivity contribution >= 4 is 27.3 Å².